The van der Waals surface area contributed by atoms with E-state index in [0.29, 0.717) is 5.02 Å². The molecule has 0 saturated carbocycles. The van der Waals surface area contributed by atoms with Crippen LogP contribution < -0.4 is 0 Å². The van der Waals surface area contributed by atoms with Crippen LogP contribution in [0.1, 0.15) is 53.1 Å². The number of hydrogen-bond donors (Lipinski definition) is 0. The maximum atomic E-state index is 13.2. The van der Waals surface area contributed by atoms with Crippen molar-refractivity contribution < 1.29 is 4.79 Å². The molecular formula is C22H27Cl2NO. The second-order valence-electron chi connectivity index (χ2n) is 7.05. The zero-order valence-corrected chi connectivity index (χ0v) is 16.9. The van der Waals surface area contributed by atoms with Gasteiger partial charge in [-0.2, -0.15) is 0 Å². The number of benzene rings is 2. The predicted octanol–water partition coefficient (Wildman–Crippen LogP) is 5.91. The van der Waals surface area contributed by atoms with Crippen molar-refractivity contribution in [2.24, 2.45) is 0 Å². The molecule has 1 unspecified atom stereocenters. The second kappa shape index (κ2) is 10.1. The monoisotopic (exact) mass is 391 g/mol. The van der Waals surface area contributed by atoms with Gasteiger partial charge in [0.15, 0.2) is 5.78 Å². The van der Waals surface area contributed by atoms with Gasteiger partial charge in [-0.3, -0.25) is 4.79 Å². The zero-order valence-electron chi connectivity index (χ0n) is 15.3. The summed E-state index contributed by atoms with van der Waals surface area (Å²) in [4.78, 5) is 15.7. The number of Topliss-reactive ketones (excluding diaryl/α,β-unsaturated/α-hetero) is 1. The van der Waals surface area contributed by atoms with E-state index in [1.165, 1.54) is 31.2 Å². The molecule has 1 saturated heterocycles. The van der Waals surface area contributed by atoms with E-state index >= 15 is 0 Å². The molecule has 2 aromatic carbocycles. The van der Waals surface area contributed by atoms with Gasteiger partial charge in [-0.05, 0) is 50.6 Å². The van der Waals surface area contributed by atoms with Crippen LogP contribution in [-0.4, -0.2) is 30.3 Å². The number of carbonyl (C=O) groups is 1. The third-order valence-electron chi connectivity index (χ3n) is 5.06. The van der Waals surface area contributed by atoms with Gasteiger partial charge in [-0.15, -0.1) is 12.4 Å². The number of aryl methyl sites for hydroxylation is 1. The lowest BCUT2D eigenvalue weighted by atomic mass is 9.89. The van der Waals surface area contributed by atoms with Gasteiger partial charge in [0, 0.05) is 17.1 Å². The largest absolute Gasteiger partial charge is 0.302 e. The van der Waals surface area contributed by atoms with Gasteiger partial charge in [0.1, 0.15) is 0 Å². The standard InChI is InChI=1S/C22H26ClNO.ClH/c1-17-6-8-19(9-7-17)22(25)21(18-10-12-20(23)13-11-18)16-24-14-4-2-3-5-15-24;/h6-13,21H,2-5,14-16H2,1H3;1H. The molecule has 1 atom stereocenters. The van der Waals surface area contributed by atoms with Crippen LogP contribution in [0.5, 0.6) is 0 Å². The maximum Gasteiger partial charge on any atom is 0.171 e. The summed E-state index contributed by atoms with van der Waals surface area (Å²) in [5, 5.41) is 0.708. The normalized spacial score (nSPS) is 16.4. The van der Waals surface area contributed by atoms with Crippen LogP contribution >= 0.6 is 24.0 Å². The van der Waals surface area contributed by atoms with Crippen LogP contribution in [0.25, 0.3) is 0 Å². The van der Waals surface area contributed by atoms with Gasteiger partial charge in [0.05, 0.1) is 5.92 Å². The molecule has 4 heteroatoms. The average Bonchev–Trinajstić information content (AvgIpc) is 2.89. The molecule has 1 fully saturated rings. The van der Waals surface area contributed by atoms with Crippen LogP contribution in [0.2, 0.25) is 5.02 Å². The molecule has 0 radical (unpaired) electrons. The first-order valence-corrected chi connectivity index (χ1v) is 9.60. The molecule has 0 amide bonds. The molecule has 1 aliphatic heterocycles. The number of hydrogen-bond acceptors (Lipinski definition) is 2. The van der Waals surface area contributed by atoms with E-state index in [-0.39, 0.29) is 24.1 Å². The van der Waals surface area contributed by atoms with Crippen LogP contribution in [0.15, 0.2) is 48.5 Å². The summed E-state index contributed by atoms with van der Waals surface area (Å²) >= 11 is 6.05. The Bertz CT molecular complexity index is 689. The summed E-state index contributed by atoms with van der Waals surface area (Å²) < 4.78 is 0. The summed E-state index contributed by atoms with van der Waals surface area (Å²) in [6.07, 6.45) is 5.06. The minimum atomic E-state index is -0.141. The first-order chi connectivity index (χ1) is 12.1. The van der Waals surface area contributed by atoms with Gasteiger partial charge in [-0.25, -0.2) is 0 Å². The number of ketones is 1. The number of rotatable bonds is 5. The van der Waals surface area contributed by atoms with Crippen molar-refractivity contribution >= 4 is 29.8 Å². The van der Waals surface area contributed by atoms with E-state index in [9.17, 15) is 4.79 Å². The second-order valence-corrected chi connectivity index (χ2v) is 7.49. The molecule has 1 heterocycles. The average molecular weight is 392 g/mol. The Morgan fingerprint density at radius 3 is 2.12 bits per heavy atom. The molecule has 0 N–H and O–H groups in total. The molecule has 26 heavy (non-hydrogen) atoms. The fourth-order valence-corrected chi connectivity index (χ4v) is 3.66. The third kappa shape index (κ3) is 5.57. The quantitative estimate of drug-likeness (QED) is 0.590. The van der Waals surface area contributed by atoms with Crippen LogP contribution in [0.4, 0.5) is 0 Å². The molecule has 0 spiro atoms. The smallest absolute Gasteiger partial charge is 0.171 e. The summed E-state index contributed by atoms with van der Waals surface area (Å²) in [6.45, 7) is 5.01. The number of nitrogens with zero attached hydrogens (tertiary/aromatic N) is 1. The van der Waals surface area contributed by atoms with E-state index in [0.717, 1.165) is 30.8 Å². The summed E-state index contributed by atoms with van der Waals surface area (Å²) in [5.74, 6) is 0.0599. The van der Waals surface area contributed by atoms with Crippen molar-refractivity contribution in [2.75, 3.05) is 19.6 Å². The topological polar surface area (TPSA) is 20.3 Å². The van der Waals surface area contributed by atoms with Crippen molar-refractivity contribution in [3.05, 3.63) is 70.2 Å². The number of halogens is 2. The van der Waals surface area contributed by atoms with Crippen molar-refractivity contribution in [1.29, 1.82) is 0 Å². The Morgan fingerprint density at radius 2 is 1.54 bits per heavy atom. The lowest BCUT2D eigenvalue weighted by molar-refractivity contribution is 0.0934. The molecule has 0 bridgehead atoms. The minimum Gasteiger partial charge on any atom is -0.302 e. The lowest BCUT2D eigenvalue weighted by Gasteiger charge is -2.26. The van der Waals surface area contributed by atoms with Crippen molar-refractivity contribution in [3.8, 4) is 0 Å². The molecule has 1 aliphatic rings. The summed E-state index contributed by atoms with van der Waals surface area (Å²) in [6, 6.07) is 15.7. The Kier molecular flexibility index (Phi) is 8.15. The lowest BCUT2D eigenvalue weighted by Crippen LogP contribution is -2.33. The van der Waals surface area contributed by atoms with Gasteiger partial charge in [-0.1, -0.05) is 66.4 Å². The first kappa shape index (κ1) is 21.0. The van der Waals surface area contributed by atoms with E-state index in [2.05, 4.69) is 4.90 Å². The Hall–Kier alpha value is -1.35. The third-order valence-corrected chi connectivity index (χ3v) is 5.32. The van der Waals surface area contributed by atoms with E-state index in [1.54, 1.807) is 0 Å². The highest BCUT2D eigenvalue weighted by Crippen LogP contribution is 2.25. The van der Waals surface area contributed by atoms with Gasteiger partial charge in [0.25, 0.3) is 0 Å². The van der Waals surface area contributed by atoms with Gasteiger partial charge >= 0.3 is 0 Å². The van der Waals surface area contributed by atoms with E-state index in [1.807, 2.05) is 55.5 Å². The number of likely N-dealkylation sites (tertiary alicyclic amines) is 1. The molecule has 2 nitrogen and oxygen atoms in total. The van der Waals surface area contributed by atoms with Crippen molar-refractivity contribution in [1.82, 2.24) is 4.90 Å². The van der Waals surface area contributed by atoms with E-state index < -0.39 is 0 Å². The van der Waals surface area contributed by atoms with Crippen LogP contribution in [-0.2, 0) is 0 Å². The summed E-state index contributed by atoms with van der Waals surface area (Å²) in [5.41, 5.74) is 3.02. The van der Waals surface area contributed by atoms with Crippen LogP contribution in [0, 0.1) is 6.92 Å². The fraction of sp³-hybridized carbons (Fsp3) is 0.409. The highest BCUT2D eigenvalue weighted by Gasteiger charge is 2.25. The molecule has 3 rings (SSSR count). The Labute approximate surface area is 168 Å². The molecule has 2 aromatic rings. The fourth-order valence-electron chi connectivity index (χ4n) is 3.53. The SMILES string of the molecule is Cc1ccc(C(=O)C(CN2CCCCCC2)c2ccc(Cl)cc2)cc1.Cl. The summed E-state index contributed by atoms with van der Waals surface area (Å²) in [7, 11) is 0. The maximum absolute atomic E-state index is 13.2. The van der Waals surface area contributed by atoms with E-state index in [4.69, 9.17) is 11.6 Å². The van der Waals surface area contributed by atoms with Crippen LogP contribution in [0.3, 0.4) is 0 Å². The molecule has 140 valence electrons. The van der Waals surface area contributed by atoms with Crippen molar-refractivity contribution in [2.45, 2.75) is 38.5 Å². The molecule has 0 aromatic heterocycles. The Balaban J connectivity index is 0.00000243. The Morgan fingerprint density at radius 1 is 0.962 bits per heavy atom. The molecule has 0 aliphatic carbocycles. The molecular weight excluding hydrogens is 365 g/mol. The highest BCUT2D eigenvalue weighted by molar-refractivity contribution is 6.30. The highest BCUT2D eigenvalue weighted by atomic mass is 35.5. The zero-order chi connectivity index (χ0) is 17.6. The number of carbonyl (C=O) groups excluding carboxylic acids is 1. The van der Waals surface area contributed by atoms with Crippen molar-refractivity contribution in [3.63, 3.8) is 0 Å². The first-order valence-electron chi connectivity index (χ1n) is 9.22. The predicted molar refractivity (Wildman–Crippen MR) is 112 cm³/mol. The minimum absolute atomic E-state index is 0. The van der Waals surface area contributed by atoms with Gasteiger partial charge in [0.2, 0.25) is 0 Å². The van der Waals surface area contributed by atoms with Gasteiger partial charge < -0.3 is 4.90 Å².